The summed E-state index contributed by atoms with van der Waals surface area (Å²) in [6.07, 6.45) is -0.0461. The quantitative estimate of drug-likeness (QED) is 0.483. The van der Waals surface area contributed by atoms with Gasteiger partial charge in [0.05, 0.1) is 6.10 Å². The minimum absolute atomic E-state index is 0.169. The number of carbonyl (C=O) groups excluding carboxylic acids is 3. The Balaban J connectivity index is 1.74. The van der Waals surface area contributed by atoms with Gasteiger partial charge in [-0.2, -0.15) is 0 Å². The summed E-state index contributed by atoms with van der Waals surface area (Å²) in [5, 5.41) is 14.9. The maximum atomic E-state index is 12.9. The van der Waals surface area contributed by atoms with Crippen LogP contribution in [-0.4, -0.2) is 53.0 Å². The number of aliphatic hydroxyl groups excluding tert-OH is 1. The molecule has 1 saturated heterocycles. The zero-order valence-electron chi connectivity index (χ0n) is 13.8. The third kappa shape index (κ3) is 3.55. The van der Waals surface area contributed by atoms with Gasteiger partial charge in [0.25, 0.3) is 5.91 Å². The number of fused-ring (bicyclic) bond motifs is 1. The maximum Gasteiger partial charge on any atom is 0.255 e. The van der Waals surface area contributed by atoms with E-state index in [4.69, 9.17) is 5.73 Å². The van der Waals surface area contributed by atoms with Gasteiger partial charge in [0.2, 0.25) is 11.8 Å². The van der Waals surface area contributed by atoms with Crippen LogP contribution in [0.4, 0.5) is 0 Å². The fraction of sp³-hybridized carbons (Fsp3) is 0.471. The molecule has 1 unspecified atom stereocenters. The summed E-state index contributed by atoms with van der Waals surface area (Å²) in [4.78, 5) is 37.8. The van der Waals surface area contributed by atoms with Gasteiger partial charge in [0.15, 0.2) is 0 Å². The lowest BCUT2D eigenvalue weighted by Gasteiger charge is -2.29. The number of piperidine rings is 1. The molecule has 1 aromatic rings. The number of benzene rings is 1. The van der Waals surface area contributed by atoms with Crippen LogP contribution in [0.15, 0.2) is 18.2 Å². The molecular formula is C17H22N4O4. The number of aliphatic hydroxyl groups is 1. The molecule has 2 atom stereocenters. The van der Waals surface area contributed by atoms with Crippen LogP contribution >= 0.6 is 0 Å². The zero-order chi connectivity index (χ0) is 18.0. The Bertz CT molecular complexity index is 706. The summed E-state index contributed by atoms with van der Waals surface area (Å²) in [6, 6.07) is 4.98. The molecule has 8 nitrogen and oxygen atoms in total. The van der Waals surface area contributed by atoms with E-state index < -0.39 is 18.1 Å². The number of amides is 3. The van der Waals surface area contributed by atoms with Crippen LogP contribution in [0.1, 0.15) is 34.3 Å². The van der Waals surface area contributed by atoms with Crippen LogP contribution < -0.4 is 16.4 Å². The summed E-state index contributed by atoms with van der Waals surface area (Å²) < 4.78 is 0. The number of imide groups is 1. The Morgan fingerprint density at radius 1 is 1.36 bits per heavy atom. The van der Waals surface area contributed by atoms with Gasteiger partial charge in [-0.15, -0.1) is 0 Å². The van der Waals surface area contributed by atoms with Crippen LogP contribution in [0, 0.1) is 0 Å². The van der Waals surface area contributed by atoms with Crippen molar-refractivity contribution >= 4 is 17.7 Å². The summed E-state index contributed by atoms with van der Waals surface area (Å²) in [7, 11) is 0. The average molecular weight is 346 g/mol. The van der Waals surface area contributed by atoms with Gasteiger partial charge in [-0.25, -0.2) is 0 Å². The van der Waals surface area contributed by atoms with Gasteiger partial charge in [0.1, 0.15) is 6.04 Å². The number of rotatable bonds is 6. The molecule has 0 aromatic heterocycles. The van der Waals surface area contributed by atoms with Gasteiger partial charge >= 0.3 is 0 Å². The summed E-state index contributed by atoms with van der Waals surface area (Å²) >= 11 is 0. The van der Waals surface area contributed by atoms with Crippen LogP contribution in [0.3, 0.4) is 0 Å². The highest BCUT2D eigenvalue weighted by molar-refractivity contribution is 6.05. The first-order valence-electron chi connectivity index (χ1n) is 8.35. The van der Waals surface area contributed by atoms with E-state index in [1.807, 2.05) is 18.2 Å². The summed E-state index contributed by atoms with van der Waals surface area (Å²) in [6.45, 7) is 1.29. The molecule has 2 aliphatic rings. The van der Waals surface area contributed by atoms with Crippen LogP contribution in [0.2, 0.25) is 0 Å². The minimum atomic E-state index is -0.632. The number of nitrogens with zero attached hydrogens (tertiary/aromatic N) is 1. The molecule has 0 saturated carbocycles. The monoisotopic (exact) mass is 346 g/mol. The first-order chi connectivity index (χ1) is 12.0. The molecule has 8 heteroatoms. The fourth-order valence-electron chi connectivity index (χ4n) is 3.29. The highest BCUT2D eigenvalue weighted by Crippen LogP contribution is 2.29. The Morgan fingerprint density at radius 2 is 2.16 bits per heavy atom. The van der Waals surface area contributed by atoms with Crippen LogP contribution in [0.25, 0.3) is 0 Å². The smallest absolute Gasteiger partial charge is 0.255 e. The largest absolute Gasteiger partial charge is 0.390 e. The topological polar surface area (TPSA) is 125 Å². The van der Waals surface area contributed by atoms with Gasteiger partial charge in [-0.3, -0.25) is 19.7 Å². The van der Waals surface area contributed by atoms with Crippen LogP contribution in [-0.2, 0) is 22.7 Å². The molecular weight excluding hydrogens is 324 g/mol. The standard InChI is InChI=1S/C17H22N4O4/c18-6-12(22)8-19-7-10-2-1-3-11-9-21(17(25)15(10)11)13-4-5-14(23)20-16(13)24/h1-3,12-13,19,22H,4-9,18H2,(H,20,23,24)/t12-,13?/m0/s1. The van der Waals surface area contributed by atoms with Crippen molar-refractivity contribution in [3.63, 3.8) is 0 Å². The van der Waals surface area contributed by atoms with Gasteiger partial charge in [0, 0.05) is 38.2 Å². The Kier molecular flexibility index (Phi) is 5.12. The van der Waals surface area contributed by atoms with E-state index in [0.717, 1.165) is 11.1 Å². The maximum absolute atomic E-state index is 12.9. The first kappa shape index (κ1) is 17.5. The molecule has 5 N–H and O–H groups in total. The Morgan fingerprint density at radius 3 is 2.88 bits per heavy atom. The molecule has 0 spiro atoms. The lowest BCUT2D eigenvalue weighted by atomic mass is 10.0. The van der Waals surface area contributed by atoms with Gasteiger partial charge in [-0.1, -0.05) is 18.2 Å². The van der Waals surface area contributed by atoms with Crippen molar-refractivity contribution in [3.05, 3.63) is 34.9 Å². The van der Waals surface area contributed by atoms with E-state index in [2.05, 4.69) is 10.6 Å². The van der Waals surface area contributed by atoms with E-state index in [1.165, 1.54) is 4.90 Å². The van der Waals surface area contributed by atoms with Crippen molar-refractivity contribution in [3.8, 4) is 0 Å². The Labute approximate surface area is 145 Å². The predicted octanol–water partition coefficient (Wildman–Crippen LogP) is -1.14. The second-order valence-electron chi connectivity index (χ2n) is 6.37. The second kappa shape index (κ2) is 7.30. The highest BCUT2D eigenvalue weighted by Gasteiger charge is 2.39. The highest BCUT2D eigenvalue weighted by atomic mass is 16.3. The first-order valence-corrected chi connectivity index (χ1v) is 8.35. The molecule has 1 fully saturated rings. The van der Waals surface area contributed by atoms with Crippen molar-refractivity contribution < 1.29 is 19.5 Å². The molecule has 2 aliphatic heterocycles. The molecule has 0 aliphatic carbocycles. The predicted molar refractivity (Wildman–Crippen MR) is 89.3 cm³/mol. The number of hydrogen-bond donors (Lipinski definition) is 4. The second-order valence-corrected chi connectivity index (χ2v) is 6.37. The van der Waals surface area contributed by atoms with Crippen molar-refractivity contribution in [2.75, 3.05) is 13.1 Å². The van der Waals surface area contributed by atoms with Crippen molar-refractivity contribution in [1.29, 1.82) is 0 Å². The molecule has 1 aromatic carbocycles. The minimum Gasteiger partial charge on any atom is -0.390 e. The van der Waals surface area contributed by atoms with E-state index in [-0.39, 0.29) is 24.8 Å². The van der Waals surface area contributed by atoms with Crippen molar-refractivity contribution in [2.45, 2.75) is 38.1 Å². The van der Waals surface area contributed by atoms with Crippen LogP contribution in [0.5, 0.6) is 0 Å². The van der Waals surface area contributed by atoms with Gasteiger partial charge in [-0.05, 0) is 17.5 Å². The average Bonchev–Trinajstić information content (AvgIpc) is 2.92. The van der Waals surface area contributed by atoms with E-state index in [0.29, 0.717) is 31.6 Å². The third-order valence-electron chi connectivity index (χ3n) is 4.61. The fourth-order valence-corrected chi connectivity index (χ4v) is 3.29. The summed E-state index contributed by atoms with van der Waals surface area (Å²) in [5.74, 6) is -0.904. The zero-order valence-corrected chi connectivity index (χ0v) is 13.8. The molecule has 3 amide bonds. The van der Waals surface area contributed by atoms with Crippen molar-refractivity contribution in [1.82, 2.24) is 15.5 Å². The molecule has 25 heavy (non-hydrogen) atoms. The summed E-state index contributed by atoms with van der Waals surface area (Å²) in [5.41, 5.74) is 7.66. The van der Waals surface area contributed by atoms with Crippen molar-refractivity contribution in [2.24, 2.45) is 5.73 Å². The lowest BCUT2D eigenvalue weighted by molar-refractivity contribution is -0.136. The van der Waals surface area contributed by atoms with E-state index >= 15 is 0 Å². The van der Waals surface area contributed by atoms with Gasteiger partial charge < -0.3 is 21.1 Å². The molecule has 0 radical (unpaired) electrons. The molecule has 0 bridgehead atoms. The molecule has 134 valence electrons. The number of hydrogen-bond acceptors (Lipinski definition) is 6. The third-order valence-corrected chi connectivity index (χ3v) is 4.61. The lowest BCUT2D eigenvalue weighted by Crippen LogP contribution is -2.52. The number of nitrogens with one attached hydrogen (secondary N) is 2. The molecule has 2 heterocycles. The Hall–Kier alpha value is -2.29. The van der Waals surface area contributed by atoms with E-state index in [9.17, 15) is 19.5 Å². The SMILES string of the molecule is NC[C@H](O)CNCc1cccc2c1C(=O)N(C1CCC(=O)NC1=O)C2. The number of carbonyl (C=O) groups is 3. The molecule has 3 rings (SSSR count). The van der Waals surface area contributed by atoms with E-state index in [1.54, 1.807) is 0 Å². The normalized spacial score (nSPS) is 21.3. The number of nitrogens with two attached hydrogens (primary N) is 1.